The van der Waals surface area contributed by atoms with E-state index in [-0.39, 0.29) is 5.60 Å². The van der Waals surface area contributed by atoms with E-state index in [1.807, 2.05) is 30.3 Å². The molecule has 0 aliphatic carbocycles. The van der Waals surface area contributed by atoms with E-state index in [0.717, 1.165) is 47.5 Å². The van der Waals surface area contributed by atoms with Gasteiger partial charge in [-0.3, -0.25) is 0 Å². The Balaban J connectivity index is 1.54. The van der Waals surface area contributed by atoms with Gasteiger partial charge in [0.1, 0.15) is 23.3 Å². The second kappa shape index (κ2) is 7.09. The third-order valence-corrected chi connectivity index (χ3v) is 4.79. The second-order valence-corrected chi connectivity index (χ2v) is 7.11. The molecule has 1 aromatic carbocycles. The van der Waals surface area contributed by atoms with Crippen molar-refractivity contribution < 1.29 is 9.47 Å². The van der Waals surface area contributed by atoms with Gasteiger partial charge in [-0.15, -0.1) is 0 Å². The first-order chi connectivity index (χ1) is 12.6. The van der Waals surface area contributed by atoms with Crippen molar-refractivity contribution in [3.63, 3.8) is 0 Å². The number of fused-ring (bicyclic) bond motifs is 1. The number of benzene rings is 1. The number of nitrogens with one attached hydrogen (secondary N) is 1. The van der Waals surface area contributed by atoms with Crippen molar-refractivity contribution in [1.82, 2.24) is 9.97 Å². The van der Waals surface area contributed by atoms with E-state index < -0.39 is 0 Å². The van der Waals surface area contributed by atoms with Gasteiger partial charge in [-0.1, -0.05) is 11.6 Å². The zero-order valence-corrected chi connectivity index (χ0v) is 15.3. The summed E-state index contributed by atoms with van der Waals surface area (Å²) in [7, 11) is 0. The fraction of sp³-hybridized carbons (Fsp3) is 0.300. The van der Waals surface area contributed by atoms with Crippen LogP contribution in [0.15, 0.2) is 48.8 Å². The van der Waals surface area contributed by atoms with Crippen molar-refractivity contribution in [2.75, 3.05) is 18.5 Å². The van der Waals surface area contributed by atoms with E-state index in [9.17, 15) is 0 Å². The molecule has 1 atom stereocenters. The topological polar surface area (TPSA) is 56.3 Å². The number of hydrogen-bond acceptors (Lipinski definition) is 5. The van der Waals surface area contributed by atoms with Gasteiger partial charge in [-0.05, 0) is 61.5 Å². The van der Waals surface area contributed by atoms with Crippen molar-refractivity contribution in [2.45, 2.75) is 25.4 Å². The number of halogens is 1. The van der Waals surface area contributed by atoms with E-state index in [4.69, 9.17) is 21.1 Å². The minimum absolute atomic E-state index is 0.179. The second-order valence-electron chi connectivity index (χ2n) is 6.73. The number of anilines is 2. The molecule has 6 heteroatoms. The monoisotopic (exact) mass is 369 g/mol. The van der Waals surface area contributed by atoms with Crippen LogP contribution in [0, 0.1) is 0 Å². The summed E-state index contributed by atoms with van der Waals surface area (Å²) in [4.78, 5) is 8.52. The molecule has 2 aromatic heterocycles. The molecule has 1 aliphatic rings. The molecule has 1 unspecified atom stereocenters. The van der Waals surface area contributed by atoms with E-state index in [1.165, 1.54) is 0 Å². The quantitative estimate of drug-likeness (QED) is 0.643. The molecule has 3 aromatic rings. The molecule has 1 fully saturated rings. The molecule has 4 rings (SSSR count). The van der Waals surface area contributed by atoms with Crippen LogP contribution >= 0.6 is 11.6 Å². The summed E-state index contributed by atoms with van der Waals surface area (Å²) in [6.07, 6.45) is 5.59. The van der Waals surface area contributed by atoms with Gasteiger partial charge >= 0.3 is 0 Å². The summed E-state index contributed by atoms with van der Waals surface area (Å²) in [5, 5.41) is 5.81. The predicted octanol–water partition coefficient (Wildman–Crippen LogP) is 4.97. The highest BCUT2D eigenvalue weighted by Crippen LogP contribution is 2.30. The first-order valence-electron chi connectivity index (χ1n) is 8.65. The van der Waals surface area contributed by atoms with E-state index in [1.54, 1.807) is 18.5 Å². The van der Waals surface area contributed by atoms with Gasteiger partial charge in [0, 0.05) is 18.2 Å². The molecule has 5 nitrogen and oxygen atoms in total. The van der Waals surface area contributed by atoms with Crippen LogP contribution in [0.25, 0.3) is 10.8 Å². The van der Waals surface area contributed by atoms with Crippen LogP contribution in [-0.2, 0) is 4.74 Å². The molecule has 0 radical (unpaired) electrons. The van der Waals surface area contributed by atoms with Crippen molar-refractivity contribution >= 4 is 33.9 Å². The Labute approximate surface area is 157 Å². The Bertz CT molecular complexity index is 909. The van der Waals surface area contributed by atoms with Crippen LogP contribution in [0.4, 0.5) is 11.5 Å². The van der Waals surface area contributed by atoms with Crippen molar-refractivity contribution in [3.05, 3.63) is 53.9 Å². The Morgan fingerprint density at radius 2 is 2.15 bits per heavy atom. The van der Waals surface area contributed by atoms with Crippen LogP contribution in [0.2, 0.25) is 5.15 Å². The zero-order chi connectivity index (χ0) is 18.0. The van der Waals surface area contributed by atoms with Gasteiger partial charge in [0.25, 0.3) is 0 Å². The Hall–Kier alpha value is -2.37. The van der Waals surface area contributed by atoms with Crippen LogP contribution < -0.4 is 10.1 Å². The van der Waals surface area contributed by atoms with Gasteiger partial charge in [-0.25, -0.2) is 9.97 Å². The van der Waals surface area contributed by atoms with Crippen LogP contribution in [0.5, 0.6) is 5.75 Å². The van der Waals surface area contributed by atoms with Crippen LogP contribution in [0.3, 0.4) is 0 Å². The number of rotatable bonds is 5. The third-order valence-electron chi connectivity index (χ3n) is 4.57. The Kier molecular flexibility index (Phi) is 4.66. The minimum atomic E-state index is -0.179. The van der Waals surface area contributed by atoms with Gasteiger partial charge in [-0.2, -0.15) is 0 Å². The SMILES string of the molecule is CC1(COc2ccc3c(Nc4ccc(Cl)nc4)nccc3c2)CCCO1. The normalized spacial score (nSPS) is 19.6. The summed E-state index contributed by atoms with van der Waals surface area (Å²) >= 11 is 5.84. The largest absolute Gasteiger partial charge is 0.491 e. The Morgan fingerprint density at radius 3 is 2.92 bits per heavy atom. The fourth-order valence-electron chi connectivity index (χ4n) is 3.12. The molecule has 134 valence electrons. The summed E-state index contributed by atoms with van der Waals surface area (Å²) < 4.78 is 11.8. The first-order valence-corrected chi connectivity index (χ1v) is 9.03. The summed E-state index contributed by atoms with van der Waals surface area (Å²) in [5.41, 5.74) is 0.655. The maximum Gasteiger partial charge on any atom is 0.138 e. The van der Waals surface area contributed by atoms with Gasteiger partial charge < -0.3 is 14.8 Å². The number of nitrogens with zero attached hydrogens (tertiary/aromatic N) is 2. The molecule has 1 saturated heterocycles. The standard InChI is InChI=1S/C20H20ClN3O2/c1-20(8-2-10-26-20)13-25-16-4-5-17-14(11-16)7-9-22-19(17)24-15-3-6-18(21)23-12-15/h3-7,9,11-12H,2,8,10,13H2,1H3,(H,22,24). The van der Waals surface area contributed by atoms with Gasteiger partial charge in [0.15, 0.2) is 0 Å². The molecular formula is C20H20ClN3O2. The predicted molar refractivity (Wildman–Crippen MR) is 103 cm³/mol. The third kappa shape index (κ3) is 3.74. The molecule has 26 heavy (non-hydrogen) atoms. The fourth-order valence-corrected chi connectivity index (χ4v) is 3.23. The smallest absolute Gasteiger partial charge is 0.138 e. The molecule has 0 bridgehead atoms. The summed E-state index contributed by atoms with van der Waals surface area (Å²) in [5.74, 6) is 1.60. The van der Waals surface area contributed by atoms with E-state index in [2.05, 4.69) is 22.2 Å². The van der Waals surface area contributed by atoms with Crippen molar-refractivity contribution in [2.24, 2.45) is 0 Å². The lowest BCUT2D eigenvalue weighted by Crippen LogP contribution is -2.31. The molecule has 3 heterocycles. The minimum Gasteiger partial charge on any atom is -0.491 e. The average molecular weight is 370 g/mol. The highest BCUT2D eigenvalue weighted by Gasteiger charge is 2.30. The molecular weight excluding hydrogens is 350 g/mol. The van der Waals surface area contributed by atoms with Crippen molar-refractivity contribution in [3.8, 4) is 5.75 Å². The zero-order valence-electron chi connectivity index (χ0n) is 14.5. The lowest BCUT2D eigenvalue weighted by molar-refractivity contribution is -0.0158. The maximum absolute atomic E-state index is 5.98. The Morgan fingerprint density at radius 1 is 1.23 bits per heavy atom. The number of ether oxygens (including phenoxy) is 2. The number of aromatic nitrogens is 2. The van der Waals surface area contributed by atoms with Crippen molar-refractivity contribution in [1.29, 1.82) is 0 Å². The van der Waals surface area contributed by atoms with Crippen LogP contribution in [-0.4, -0.2) is 28.8 Å². The first kappa shape index (κ1) is 17.1. The van der Waals surface area contributed by atoms with Gasteiger partial charge in [0.05, 0.1) is 17.5 Å². The lowest BCUT2D eigenvalue weighted by atomic mass is 10.0. The lowest BCUT2D eigenvalue weighted by Gasteiger charge is -2.23. The van der Waals surface area contributed by atoms with Crippen LogP contribution in [0.1, 0.15) is 19.8 Å². The van der Waals surface area contributed by atoms with E-state index in [0.29, 0.717) is 11.8 Å². The number of hydrogen-bond donors (Lipinski definition) is 1. The molecule has 1 aliphatic heterocycles. The molecule has 0 amide bonds. The summed E-state index contributed by atoms with van der Waals surface area (Å²) in [6.45, 7) is 3.48. The highest BCUT2D eigenvalue weighted by molar-refractivity contribution is 6.29. The molecule has 0 saturated carbocycles. The average Bonchev–Trinajstić information content (AvgIpc) is 3.09. The number of pyridine rings is 2. The summed E-state index contributed by atoms with van der Waals surface area (Å²) in [6, 6.07) is 11.6. The molecule has 0 spiro atoms. The van der Waals surface area contributed by atoms with E-state index >= 15 is 0 Å². The highest BCUT2D eigenvalue weighted by atomic mass is 35.5. The molecule has 1 N–H and O–H groups in total. The van der Waals surface area contributed by atoms with Gasteiger partial charge in [0.2, 0.25) is 0 Å². The maximum atomic E-state index is 5.98.